The first-order valence-electron chi connectivity index (χ1n) is 4.80. The number of thioether (sulfide) groups is 1. The lowest BCUT2D eigenvalue weighted by atomic mass is 10.1. The van der Waals surface area contributed by atoms with Gasteiger partial charge in [-0.05, 0) is 24.5 Å². The number of rotatable bonds is 4. The molecule has 1 atom stereocenters. The van der Waals surface area contributed by atoms with Crippen LogP contribution >= 0.6 is 11.8 Å². The summed E-state index contributed by atoms with van der Waals surface area (Å²) in [5.74, 6) is 1.44. The molecule has 0 radical (unpaired) electrons. The Morgan fingerprint density at radius 2 is 2.14 bits per heavy atom. The normalized spacial score (nSPS) is 23.8. The molecule has 0 aromatic heterocycles. The third-order valence-electron chi connectivity index (χ3n) is 2.14. The summed E-state index contributed by atoms with van der Waals surface area (Å²) in [5, 5.41) is 0. The van der Waals surface area contributed by atoms with Crippen molar-refractivity contribution in [2.24, 2.45) is 5.92 Å². The predicted octanol–water partition coefficient (Wildman–Crippen LogP) is 3.10. The van der Waals surface area contributed by atoms with Gasteiger partial charge in [0.25, 0.3) is 0 Å². The SMILES string of the molecule is FC(F)(F)CCSCC1CCCOC1. The van der Waals surface area contributed by atoms with E-state index in [4.69, 9.17) is 4.74 Å². The van der Waals surface area contributed by atoms with Crippen molar-refractivity contribution in [2.75, 3.05) is 24.7 Å². The lowest BCUT2D eigenvalue weighted by molar-refractivity contribution is -0.129. The van der Waals surface area contributed by atoms with Crippen molar-refractivity contribution in [3.8, 4) is 0 Å². The molecular weight excluding hydrogens is 213 g/mol. The molecule has 0 aromatic carbocycles. The molecule has 1 aliphatic rings. The van der Waals surface area contributed by atoms with Crippen LogP contribution < -0.4 is 0 Å². The fraction of sp³-hybridized carbons (Fsp3) is 1.00. The molecule has 0 spiro atoms. The quantitative estimate of drug-likeness (QED) is 0.684. The van der Waals surface area contributed by atoms with Crippen molar-refractivity contribution in [3.05, 3.63) is 0 Å². The molecule has 1 unspecified atom stereocenters. The highest BCUT2D eigenvalue weighted by molar-refractivity contribution is 7.99. The minimum atomic E-state index is -4.00. The van der Waals surface area contributed by atoms with Gasteiger partial charge >= 0.3 is 6.18 Å². The van der Waals surface area contributed by atoms with Crippen LogP contribution in [0.25, 0.3) is 0 Å². The van der Waals surface area contributed by atoms with E-state index in [1.165, 1.54) is 11.8 Å². The van der Waals surface area contributed by atoms with Gasteiger partial charge in [0.05, 0.1) is 13.0 Å². The average Bonchev–Trinajstić information content (AvgIpc) is 2.13. The molecule has 0 saturated carbocycles. The van der Waals surface area contributed by atoms with Crippen LogP contribution in [0.15, 0.2) is 0 Å². The van der Waals surface area contributed by atoms with E-state index in [0.29, 0.717) is 5.92 Å². The summed E-state index contributed by atoms with van der Waals surface area (Å²) in [5.41, 5.74) is 0. The number of ether oxygens (including phenoxy) is 1. The summed E-state index contributed by atoms with van der Waals surface area (Å²) in [6.45, 7) is 1.53. The van der Waals surface area contributed by atoms with Gasteiger partial charge in [0.2, 0.25) is 0 Å². The topological polar surface area (TPSA) is 9.23 Å². The lowest BCUT2D eigenvalue weighted by Gasteiger charge is -2.21. The van der Waals surface area contributed by atoms with Crippen molar-refractivity contribution in [1.82, 2.24) is 0 Å². The first-order valence-corrected chi connectivity index (χ1v) is 5.95. The van der Waals surface area contributed by atoms with Crippen LogP contribution in [0.3, 0.4) is 0 Å². The summed E-state index contributed by atoms with van der Waals surface area (Å²) in [6.07, 6.45) is -2.54. The highest BCUT2D eigenvalue weighted by Crippen LogP contribution is 2.24. The molecule has 1 fully saturated rings. The van der Waals surface area contributed by atoms with E-state index in [1.807, 2.05) is 0 Å². The summed E-state index contributed by atoms with van der Waals surface area (Å²) < 4.78 is 40.6. The highest BCUT2D eigenvalue weighted by atomic mass is 32.2. The molecule has 0 aromatic rings. The highest BCUT2D eigenvalue weighted by Gasteiger charge is 2.26. The van der Waals surface area contributed by atoms with E-state index in [2.05, 4.69) is 0 Å². The third-order valence-corrected chi connectivity index (χ3v) is 3.34. The van der Waals surface area contributed by atoms with Crippen LogP contribution in [0.2, 0.25) is 0 Å². The zero-order valence-electron chi connectivity index (χ0n) is 7.98. The predicted molar refractivity (Wildman–Crippen MR) is 51.5 cm³/mol. The van der Waals surface area contributed by atoms with E-state index >= 15 is 0 Å². The lowest BCUT2D eigenvalue weighted by Crippen LogP contribution is -2.19. The first-order chi connectivity index (χ1) is 6.58. The largest absolute Gasteiger partial charge is 0.389 e. The maximum absolute atomic E-state index is 11.8. The second-order valence-electron chi connectivity index (χ2n) is 3.52. The van der Waals surface area contributed by atoms with Crippen molar-refractivity contribution >= 4 is 11.8 Å². The summed E-state index contributed by atoms with van der Waals surface area (Å²) in [6, 6.07) is 0. The van der Waals surface area contributed by atoms with E-state index in [1.54, 1.807) is 0 Å². The Balaban J connectivity index is 1.97. The Morgan fingerprint density at radius 1 is 1.36 bits per heavy atom. The van der Waals surface area contributed by atoms with Crippen molar-refractivity contribution in [2.45, 2.75) is 25.4 Å². The van der Waals surface area contributed by atoms with Gasteiger partial charge in [-0.2, -0.15) is 24.9 Å². The van der Waals surface area contributed by atoms with Crippen LogP contribution in [0.1, 0.15) is 19.3 Å². The summed E-state index contributed by atoms with van der Waals surface area (Å²) in [4.78, 5) is 0. The number of halogens is 3. The molecule has 1 heterocycles. The molecule has 0 bridgehead atoms. The Kier molecular flexibility index (Phi) is 5.09. The minimum Gasteiger partial charge on any atom is -0.381 e. The molecule has 1 aliphatic heterocycles. The van der Waals surface area contributed by atoms with Crippen molar-refractivity contribution in [3.63, 3.8) is 0 Å². The van der Waals surface area contributed by atoms with E-state index in [9.17, 15) is 13.2 Å². The van der Waals surface area contributed by atoms with Gasteiger partial charge in [0.15, 0.2) is 0 Å². The van der Waals surface area contributed by atoms with E-state index in [-0.39, 0.29) is 5.75 Å². The van der Waals surface area contributed by atoms with Gasteiger partial charge in [0, 0.05) is 12.4 Å². The van der Waals surface area contributed by atoms with Gasteiger partial charge in [-0.1, -0.05) is 0 Å². The Bertz CT molecular complexity index is 155. The third kappa shape index (κ3) is 5.75. The fourth-order valence-electron chi connectivity index (χ4n) is 1.38. The fourth-order valence-corrected chi connectivity index (χ4v) is 2.52. The Labute approximate surface area is 86.4 Å². The van der Waals surface area contributed by atoms with Crippen LogP contribution in [0, 0.1) is 5.92 Å². The number of hydrogen-bond acceptors (Lipinski definition) is 2. The molecular formula is C9H15F3OS. The molecule has 1 saturated heterocycles. The second kappa shape index (κ2) is 5.85. The van der Waals surface area contributed by atoms with Crippen LogP contribution in [0.4, 0.5) is 13.2 Å². The van der Waals surface area contributed by atoms with E-state index in [0.717, 1.165) is 31.8 Å². The van der Waals surface area contributed by atoms with Gasteiger partial charge in [-0.3, -0.25) is 0 Å². The smallest absolute Gasteiger partial charge is 0.381 e. The molecule has 0 amide bonds. The number of hydrogen-bond donors (Lipinski definition) is 0. The monoisotopic (exact) mass is 228 g/mol. The molecule has 0 aliphatic carbocycles. The average molecular weight is 228 g/mol. The molecule has 14 heavy (non-hydrogen) atoms. The Morgan fingerprint density at radius 3 is 2.71 bits per heavy atom. The number of alkyl halides is 3. The van der Waals surface area contributed by atoms with Gasteiger partial charge in [-0.25, -0.2) is 0 Å². The maximum atomic E-state index is 11.8. The Hall–Kier alpha value is 0.1000. The molecule has 1 rings (SSSR count). The van der Waals surface area contributed by atoms with Crippen LogP contribution in [-0.4, -0.2) is 30.9 Å². The molecule has 1 nitrogen and oxygen atoms in total. The van der Waals surface area contributed by atoms with E-state index < -0.39 is 12.6 Å². The maximum Gasteiger partial charge on any atom is 0.389 e. The van der Waals surface area contributed by atoms with Gasteiger partial charge < -0.3 is 4.74 Å². The molecule has 84 valence electrons. The molecule has 5 heteroatoms. The van der Waals surface area contributed by atoms with Crippen molar-refractivity contribution < 1.29 is 17.9 Å². The molecule has 0 N–H and O–H groups in total. The first kappa shape index (κ1) is 12.2. The van der Waals surface area contributed by atoms with Crippen LogP contribution in [0.5, 0.6) is 0 Å². The zero-order valence-corrected chi connectivity index (χ0v) is 8.79. The summed E-state index contributed by atoms with van der Waals surface area (Å²) >= 11 is 1.39. The second-order valence-corrected chi connectivity index (χ2v) is 4.67. The van der Waals surface area contributed by atoms with Crippen LogP contribution in [-0.2, 0) is 4.74 Å². The van der Waals surface area contributed by atoms with Crippen molar-refractivity contribution in [1.29, 1.82) is 0 Å². The zero-order chi connectivity index (χ0) is 10.4. The summed E-state index contributed by atoms with van der Waals surface area (Å²) in [7, 11) is 0. The minimum absolute atomic E-state index is 0.181. The van der Waals surface area contributed by atoms with Gasteiger partial charge in [-0.15, -0.1) is 0 Å². The standard InChI is InChI=1S/C9H15F3OS/c10-9(11,12)3-5-14-7-8-2-1-4-13-6-8/h8H,1-7H2. The van der Waals surface area contributed by atoms with Gasteiger partial charge in [0.1, 0.15) is 0 Å².